The Balaban J connectivity index is 2.64. The summed E-state index contributed by atoms with van der Waals surface area (Å²) < 4.78 is 6.43. The number of halogens is 1. The molecule has 0 saturated carbocycles. The molecule has 0 saturated heterocycles. The van der Waals surface area contributed by atoms with Crippen molar-refractivity contribution in [2.45, 2.75) is 26.8 Å². The number of rotatable bonds is 4. The van der Waals surface area contributed by atoms with E-state index in [-0.39, 0.29) is 0 Å². The van der Waals surface area contributed by atoms with Crippen LogP contribution in [0.25, 0.3) is 0 Å². The van der Waals surface area contributed by atoms with E-state index < -0.39 is 0 Å². The zero-order valence-corrected chi connectivity index (χ0v) is 10.4. The van der Waals surface area contributed by atoms with Crippen LogP contribution in [0.1, 0.15) is 30.0 Å². The summed E-state index contributed by atoms with van der Waals surface area (Å²) in [6.45, 7) is 10.6. The standard InChI is InChI=1S/C11H16BrNO/c1-7(12)6-13-9(3)11-5-8(2)14-10(11)4/h5,9,13H,1,6H2,2-4H3. The lowest BCUT2D eigenvalue weighted by Gasteiger charge is -2.12. The van der Waals surface area contributed by atoms with Crippen LogP contribution in [0.3, 0.4) is 0 Å². The highest BCUT2D eigenvalue weighted by atomic mass is 79.9. The molecule has 1 aromatic rings. The van der Waals surface area contributed by atoms with Gasteiger partial charge < -0.3 is 9.73 Å². The molecule has 1 atom stereocenters. The monoisotopic (exact) mass is 257 g/mol. The van der Waals surface area contributed by atoms with Gasteiger partial charge in [-0.3, -0.25) is 0 Å². The maximum absolute atomic E-state index is 5.47. The fraction of sp³-hybridized carbons (Fsp3) is 0.455. The first-order valence-electron chi connectivity index (χ1n) is 4.64. The van der Waals surface area contributed by atoms with Gasteiger partial charge in [0.15, 0.2) is 0 Å². The number of nitrogens with one attached hydrogen (secondary N) is 1. The molecule has 0 radical (unpaired) electrons. The molecule has 0 amide bonds. The Morgan fingerprint density at radius 1 is 1.64 bits per heavy atom. The van der Waals surface area contributed by atoms with Crippen molar-refractivity contribution in [3.63, 3.8) is 0 Å². The third-order valence-corrected chi connectivity index (χ3v) is 2.43. The number of hydrogen-bond donors (Lipinski definition) is 1. The van der Waals surface area contributed by atoms with Crippen LogP contribution in [-0.4, -0.2) is 6.54 Å². The van der Waals surface area contributed by atoms with E-state index in [1.807, 2.05) is 13.8 Å². The van der Waals surface area contributed by atoms with Crippen LogP contribution in [-0.2, 0) is 0 Å². The van der Waals surface area contributed by atoms with Gasteiger partial charge in [-0.2, -0.15) is 0 Å². The molecule has 1 N–H and O–H groups in total. The molecule has 0 bridgehead atoms. The average Bonchev–Trinajstić information content (AvgIpc) is 2.41. The normalized spacial score (nSPS) is 12.9. The van der Waals surface area contributed by atoms with Crippen LogP contribution >= 0.6 is 15.9 Å². The highest BCUT2D eigenvalue weighted by Gasteiger charge is 2.11. The molecule has 78 valence electrons. The minimum absolute atomic E-state index is 0.293. The third kappa shape index (κ3) is 3.00. The quantitative estimate of drug-likeness (QED) is 0.894. The second kappa shape index (κ2) is 4.80. The highest BCUT2D eigenvalue weighted by molar-refractivity contribution is 9.11. The van der Waals surface area contributed by atoms with E-state index in [9.17, 15) is 0 Å². The van der Waals surface area contributed by atoms with Crippen LogP contribution in [0.4, 0.5) is 0 Å². The van der Waals surface area contributed by atoms with Gasteiger partial charge in [0.25, 0.3) is 0 Å². The van der Waals surface area contributed by atoms with Crippen LogP contribution in [0.15, 0.2) is 21.5 Å². The first kappa shape index (κ1) is 11.5. The van der Waals surface area contributed by atoms with Gasteiger partial charge in [-0.05, 0) is 26.8 Å². The molecule has 2 nitrogen and oxygen atoms in total. The number of furan rings is 1. The van der Waals surface area contributed by atoms with E-state index in [2.05, 4.69) is 40.8 Å². The van der Waals surface area contributed by atoms with Gasteiger partial charge in [0.2, 0.25) is 0 Å². The molecular weight excluding hydrogens is 242 g/mol. The summed E-state index contributed by atoms with van der Waals surface area (Å²) in [5.74, 6) is 1.95. The van der Waals surface area contributed by atoms with Crippen molar-refractivity contribution in [3.05, 3.63) is 34.2 Å². The van der Waals surface area contributed by atoms with Gasteiger partial charge >= 0.3 is 0 Å². The summed E-state index contributed by atoms with van der Waals surface area (Å²) in [6.07, 6.45) is 0. The van der Waals surface area contributed by atoms with E-state index in [0.717, 1.165) is 22.5 Å². The summed E-state index contributed by atoms with van der Waals surface area (Å²) in [5.41, 5.74) is 1.22. The second-order valence-corrected chi connectivity index (χ2v) is 4.61. The van der Waals surface area contributed by atoms with Gasteiger partial charge in [0, 0.05) is 22.6 Å². The summed E-state index contributed by atoms with van der Waals surface area (Å²) in [4.78, 5) is 0. The van der Waals surface area contributed by atoms with Crippen molar-refractivity contribution in [1.29, 1.82) is 0 Å². The predicted molar refractivity (Wildman–Crippen MR) is 62.7 cm³/mol. The molecule has 1 rings (SSSR count). The SMILES string of the molecule is C=C(Br)CNC(C)c1cc(C)oc1C. The lowest BCUT2D eigenvalue weighted by molar-refractivity contribution is 0.493. The third-order valence-electron chi connectivity index (χ3n) is 2.15. The van der Waals surface area contributed by atoms with Crippen LogP contribution < -0.4 is 5.32 Å². The summed E-state index contributed by atoms with van der Waals surface area (Å²) in [6, 6.07) is 2.37. The van der Waals surface area contributed by atoms with E-state index >= 15 is 0 Å². The minimum Gasteiger partial charge on any atom is -0.466 e. The van der Waals surface area contributed by atoms with Gasteiger partial charge in [-0.25, -0.2) is 0 Å². The lowest BCUT2D eigenvalue weighted by Crippen LogP contribution is -2.19. The van der Waals surface area contributed by atoms with E-state index in [0.29, 0.717) is 6.04 Å². The first-order chi connectivity index (χ1) is 6.50. The van der Waals surface area contributed by atoms with Crippen molar-refractivity contribution in [2.75, 3.05) is 6.54 Å². The largest absolute Gasteiger partial charge is 0.466 e. The summed E-state index contributed by atoms with van der Waals surface area (Å²) in [5, 5.41) is 3.35. The molecular formula is C11H16BrNO. The molecule has 0 aliphatic carbocycles. The Labute approximate surface area is 93.5 Å². The second-order valence-electron chi connectivity index (χ2n) is 3.49. The van der Waals surface area contributed by atoms with Crippen molar-refractivity contribution < 1.29 is 4.42 Å². The minimum atomic E-state index is 0.293. The highest BCUT2D eigenvalue weighted by Crippen LogP contribution is 2.21. The molecule has 1 unspecified atom stereocenters. The van der Waals surface area contributed by atoms with Crippen LogP contribution in [0.2, 0.25) is 0 Å². The maximum atomic E-state index is 5.47. The number of hydrogen-bond acceptors (Lipinski definition) is 2. The topological polar surface area (TPSA) is 25.2 Å². The van der Waals surface area contributed by atoms with Crippen molar-refractivity contribution >= 4 is 15.9 Å². The fourth-order valence-electron chi connectivity index (χ4n) is 1.45. The summed E-state index contributed by atoms with van der Waals surface area (Å²) >= 11 is 3.32. The summed E-state index contributed by atoms with van der Waals surface area (Å²) in [7, 11) is 0. The molecule has 14 heavy (non-hydrogen) atoms. The molecule has 0 aliphatic rings. The zero-order chi connectivity index (χ0) is 10.7. The van der Waals surface area contributed by atoms with Crippen molar-refractivity contribution in [2.24, 2.45) is 0 Å². The average molecular weight is 258 g/mol. The van der Waals surface area contributed by atoms with Crippen LogP contribution in [0, 0.1) is 13.8 Å². The molecule has 0 aromatic carbocycles. The Hall–Kier alpha value is -0.540. The molecule has 1 aromatic heterocycles. The van der Waals surface area contributed by atoms with Gasteiger partial charge in [0.05, 0.1) is 0 Å². The van der Waals surface area contributed by atoms with Crippen molar-refractivity contribution in [1.82, 2.24) is 5.32 Å². The Bertz CT molecular complexity index is 330. The van der Waals surface area contributed by atoms with E-state index in [1.54, 1.807) is 0 Å². The van der Waals surface area contributed by atoms with Crippen LogP contribution in [0.5, 0.6) is 0 Å². The zero-order valence-electron chi connectivity index (χ0n) is 8.86. The molecule has 0 fully saturated rings. The molecule has 3 heteroatoms. The maximum Gasteiger partial charge on any atom is 0.105 e. The molecule has 0 spiro atoms. The Kier molecular flexibility index (Phi) is 3.96. The molecule has 1 heterocycles. The Morgan fingerprint density at radius 2 is 2.29 bits per heavy atom. The fourth-order valence-corrected chi connectivity index (χ4v) is 1.62. The van der Waals surface area contributed by atoms with E-state index in [1.165, 1.54) is 5.56 Å². The molecule has 0 aliphatic heterocycles. The predicted octanol–water partition coefficient (Wildman–Crippen LogP) is 3.46. The van der Waals surface area contributed by atoms with Gasteiger partial charge in [0.1, 0.15) is 11.5 Å². The van der Waals surface area contributed by atoms with Gasteiger partial charge in [-0.1, -0.05) is 22.5 Å². The Morgan fingerprint density at radius 3 is 2.71 bits per heavy atom. The smallest absolute Gasteiger partial charge is 0.105 e. The number of aryl methyl sites for hydroxylation is 2. The lowest BCUT2D eigenvalue weighted by atomic mass is 10.1. The van der Waals surface area contributed by atoms with E-state index in [4.69, 9.17) is 4.42 Å². The van der Waals surface area contributed by atoms with Crippen molar-refractivity contribution in [3.8, 4) is 0 Å². The van der Waals surface area contributed by atoms with Gasteiger partial charge in [-0.15, -0.1) is 0 Å². The first-order valence-corrected chi connectivity index (χ1v) is 5.43.